The Morgan fingerprint density at radius 3 is 2.80 bits per heavy atom. The largest absolute Gasteiger partial charge is 0.346 e. The third-order valence-corrected chi connectivity index (χ3v) is 2.87. The fourth-order valence-corrected chi connectivity index (χ4v) is 1.81. The minimum atomic E-state index is -0.637. The zero-order valence-corrected chi connectivity index (χ0v) is 10.9. The van der Waals surface area contributed by atoms with Crippen LogP contribution in [0.25, 0.3) is 0 Å². The van der Waals surface area contributed by atoms with Gasteiger partial charge in [0.15, 0.2) is 0 Å². The summed E-state index contributed by atoms with van der Waals surface area (Å²) in [7, 11) is 0. The number of amides is 1. The summed E-state index contributed by atoms with van der Waals surface area (Å²) in [6, 6.07) is 7.45. The molecule has 7 nitrogen and oxygen atoms in total. The minimum absolute atomic E-state index is 0.0461. The van der Waals surface area contributed by atoms with Crippen LogP contribution < -0.4 is 5.32 Å². The van der Waals surface area contributed by atoms with Crippen LogP contribution in [0.4, 0.5) is 5.69 Å². The summed E-state index contributed by atoms with van der Waals surface area (Å²) in [5.74, 6) is -0.510. The van der Waals surface area contributed by atoms with E-state index in [1.165, 1.54) is 24.4 Å². The van der Waals surface area contributed by atoms with Gasteiger partial charge in [-0.1, -0.05) is 17.7 Å². The number of aromatic nitrogens is 2. The van der Waals surface area contributed by atoms with Gasteiger partial charge in [-0.05, 0) is 18.2 Å². The van der Waals surface area contributed by atoms with Crippen molar-refractivity contribution in [1.29, 1.82) is 0 Å². The van der Waals surface area contributed by atoms with E-state index in [1.807, 2.05) is 0 Å². The van der Waals surface area contributed by atoms with Crippen molar-refractivity contribution in [3.63, 3.8) is 0 Å². The van der Waals surface area contributed by atoms with Crippen molar-refractivity contribution >= 4 is 23.2 Å². The molecule has 0 unspecified atom stereocenters. The summed E-state index contributed by atoms with van der Waals surface area (Å²) >= 11 is 5.85. The molecule has 102 valence electrons. The number of rotatable bonds is 4. The van der Waals surface area contributed by atoms with Gasteiger partial charge < -0.3 is 5.32 Å². The Hall–Kier alpha value is -2.54. The van der Waals surface area contributed by atoms with Crippen molar-refractivity contribution in [3.8, 4) is 0 Å². The van der Waals surface area contributed by atoms with Crippen molar-refractivity contribution in [2.24, 2.45) is 0 Å². The van der Waals surface area contributed by atoms with Gasteiger partial charge in [-0.3, -0.25) is 14.9 Å². The molecular formula is C12H9ClN4O3. The number of nitrogens with one attached hydrogen (secondary N) is 1. The molecule has 20 heavy (non-hydrogen) atoms. The number of carbonyl (C=O) groups excluding carboxylic acids is 1. The molecule has 0 saturated carbocycles. The lowest BCUT2D eigenvalue weighted by Gasteiger charge is -2.06. The fourth-order valence-electron chi connectivity index (χ4n) is 1.53. The van der Waals surface area contributed by atoms with Gasteiger partial charge in [-0.2, -0.15) is 10.2 Å². The van der Waals surface area contributed by atoms with E-state index in [0.29, 0.717) is 5.69 Å². The van der Waals surface area contributed by atoms with E-state index in [9.17, 15) is 14.9 Å². The van der Waals surface area contributed by atoms with Crippen molar-refractivity contribution < 1.29 is 9.72 Å². The molecule has 0 aliphatic rings. The Bertz CT molecular complexity index is 648. The Labute approximate surface area is 118 Å². The molecule has 0 spiro atoms. The molecule has 0 saturated heterocycles. The number of hydrogen-bond donors (Lipinski definition) is 1. The van der Waals surface area contributed by atoms with Gasteiger partial charge in [0.25, 0.3) is 11.6 Å². The lowest BCUT2D eigenvalue weighted by molar-refractivity contribution is -0.384. The van der Waals surface area contributed by atoms with E-state index in [4.69, 9.17) is 11.6 Å². The number of benzene rings is 1. The van der Waals surface area contributed by atoms with Crippen LogP contribution in [0.3, 0.4) is 0 Å². The first kappa shape index (κ1) is 13.9. The highest BCUT2D eigenvalue weighted by molar-refractivity contribution is 6.35. The van der Waals surface area contributed by atoms with E-state index >= 15 is 0 Å². The first-order valence-corrected chi connectivity index (χ1v) is 5.95. The average Bonchev–Trinajstić information content (AvgIpc) is 2.46. The molecule has 0 aliphatic carbocycles. The van der Waals surface area contributed by atoms with Crippen LogP contribution in [0.1, 0.15) is 16.1 Å². The highest BCUT2D eigenvalue weighted by Crippen LogP contribution is 2.27. The quantitative estimate of drug-likeness (QED) is 0.686. The van der Waals surface area contributed by atoms with Crippen LogP contribution in [-0.4, -0.2) is 21.0 Å². The van der Waals surface area contributed by atoms with E-state index in [1.54, 1.807) is 12.1 Å². The van der Waals surface area contributed by atoms with Crippen LogP contribution in [0, 0.1) is 10.1 Å². The molecule has 1 aromatic heterocycles. The molecule has 0 aliphatic heterocycles. The predicted molar refractivity (Wildman–Crippen MR) is 71.3 cm³/mol. The van der Waals surface area contributed by atoms with Gasteiger partial charge in [0, 0.05) is 12.3 Å². The molecule has 2 rings (SSSR count). The molecule has 0 fully saturated rings. The second-order valence-electron chi connectivity index (χ2n) is 3.79. The standard InChI is InChI=1S/C12H9ClN4O3/c13-11-9(4-1-5-10(11)17(19)20)12(18)14-7-8-3-2-6-15-16-8/h1-6H,7H2,(H,14,18). The monoisotopic (exact) mass is 292 g/mol. The second-order valence-corrected chi connectivity index (χ2v) is 4.17. The number of nitrogens with zero attached hydrogens (tertiary/aromatic N) is 3. The minimum Gasteiger partial charge on any atom is -0.346 e. The van der Waals surface area contributed by atoms with Crippen LogP contribution in [0.15, 0.2) is 36.5 Å². The topological polar surface area (TPSA) is 98.0 Å². The Morgan fingerprint density at radius 2 is 2.15 bits per heavy atom. The average molecular weight is 293 g/mol. The lowest BCUT2D eigenvalue weighted by Crippen LogP contribution is -2.23. The molecule has 2 aromatic rings. The van der Waals surface area contributed by atoms with Crippen LogP contribution in [-0.2, 0) is 6.54 Å². The van der Waals surface area contributed by atoms with E-state index in [-0.39, 0.29) is 22.8 Å². The highest BCUT2D eigenvalue weighted by Gasteiger charge is 2.19. The normalized spacial score (nSPS) is 10.1. The summed E-state index contributed by atoms with van der Waals surface area (Å²) in [6.07, 6.45) is 1.52. The van der Waals surface area contributed by atoms with Crippen molar-refractivity contribution in [2.75, 3.05) is 0 Å². The van der Waals surface area contributed by atoms with E-state index in [2.05, 4.69) is 15.5 Å². The predicted octanol–water partition coefficient (Wildman–Crippen LogP) is 1.97. The van der Waals surface area contributed by atoms with Crippen molar-refractivity contribution in [1.82, 2.24) is 15.5 Å². The van der Waals surface area contributed by atoms with Crippen LogP contribution in [0.5, 0.6) is 0 Å². The van der Waals surface area contributed by atoms with E-state index in [0.717, 1.165) is 0 Å². The fraction of sp³-hybridized carbons (Fsp3) is 0.0833. The van der Waals surface area contributed by atoms with Crippen molar-refractivity contribution in [2.45, 2.75) is 6.54 Å². The molecule has 1 N–H and O–H groups in total. The molecule has 0 radical (unpaired) electrons. The molecular weight excluding hydrogens is 284 g/mol. The first-order valence-electron chi connectivity index (χ1n) is 5.57. The molecule has 1 aromatic carbocycles. The van der Waals surface area contributed by atoms with E-state index < -0.39 is 10.8 Å². The van der Waals surface area contributed by atoms with Gasteiger partial charge in [-0.15, -0.1) is 0 Å². The maximum Gasteiger partial charge on any atom is 0.288 e. The summed E-state index contributed by atoms with van der Waals surface area (Å²) in [5, 5.41) is 20.6. The number of nitro benzene ring substituents is 1. The number of carbonyl (C=O) groups is 1. The van der Waals surface area contributed by atoms with Gasteiger partial charge in [0.05, 0.1) is 22.7 Å². The van der Waals surface area contributed by atoms with Crippen LogP contribution in [0.2, 0.25) is 5.02 Å². The molecule has 1 heterocycles. The summed E-state index contributed by atoms with van der Waals surface area (Å²) in [5.41, 5.74) is 0.311. The summed E-state index contributed by atoms with van der Waals surface area (Å²) < 4.78 is 0. The lowest BCUT2D eigenvalue weighted by atomic mass is 10.2. The van der Waals surface area contributed by atoms with Gasteiger partial charge in [0.2, 0.25) is 0 Å². The zero-order chi connectivity index (χ0) is 14.5. The summed E-state index contributed by atoms with van der Waals surface area (Å²) in [6.45, 7) is 0.158. The van der Waals surface area contributed by atoms with Crippen LogP contribution >= 0.6 is 11.6 Å². The smallest absolute Gasteiger partial charge is 0.288 e. The number of hydrogen-bond acceptors (Lipinski definition) is 5. The van der Waals surface area contributed by atoms with Gasteiger partial charge >= 0.3 is 0 Å². The SMILES string of the molecule is O=C(NCc1cccnn1)c1cccc([N+](=O)[O-])c1Cl. The zero-order valence-electron chi connectivity index (χ0n) is 10.1. The third kappa shape index (κ3) is 3.07. The number of nitro groups is 1. The second kappa shape index (κ2) is 6.07. The maximum atomic E-state index is 11.9. The molecule has 0 atom stereocenters. The van der Waals surface area contributed by atoms with Gasteiger partial charge in [-0.25, -0.2) is 0 Å². The summed E-state index contributed by atoms with van der Waals surface area (Å²) in [4.78, 5) is 22.1. The molecule has 8 heteroatoms. The molecule has 0 bridgehead atoms. The number of halogens is 1. The highest BCUT2D eigenvalue weighted by atomic mass is 35.5. The molecule has 1 amide bonds. The van der Waals surface area contributed by atoms with Gasteiger partial charge in [0.1, 0.15) is 5.02 Å². The Balaban J connectivity index is 2.14. The Morgan fingerprint density at radius 1 is 1.35 bits per heavy atom. The van der Waals surface area contributed by atoms with Crippen molar-refractivity contribution in [3.05, 3.63) is 62.9 Å². The Kier molecular flexibility index (Phi) is 4.21. The first-order chi connectivity index (χ1) is 9.59. The maximum absolute atomic E-state index is 11.9. The third-order valence-electron chi connectivity index (χ3n) is 2.48.